The molecule has 1 amide bonds. The molecule has 0 aliphatic carbocycles. The maximum Gasteiger partial charge on any atom is 0.304 e. The number of amides is 1. The van der Waals surface area contributed by atoms with Crippen LogP contribution >= 0.6 is 22.7 Å². The Morgan fingerprint density at radius 3 is 2.72 bits per heavy atom. The van der Waals surface area contributed by atoms with Gasteiger partial charge in [0.2, 0.25) is 0 Å². The number of rotatable bonds is 10. The maximum atomic E-state index is 12.9. The quantitative estimate of drug-likeness (QED) is 0.363. The summed E-state index contributed by atoms with van der Waals surface area (Å²) in [6.45, 7) is 10.5. The number of anilines is 2. The van der Waals surface area contributed by atoms with Crippen molar-refractivity contribution in [2.75, 3.05) is 42.9 Å². The molecule has 1 fully saturated rings. The number of carbonyl (C=O) groups excluding carboxylic acids is 1. The van der Waals surface area contributed by atoms with Crippen molar-refractivity contribution in [1.82, 2.24) is 25.2 Å². The molecule has 0 aromatic carbocycles. The second-order valence-electron chi connectivity index (χ2n) is 8.75. The lowest BCUT2D eigenvalue weighted by molar-refractivity contribution is -0.137. The molecule has 1 saturated heterocycles. The van der Waals surface area contributed by atoms with Crippen LogP contribution in [0, 0.1) is 6.92 Å². The molecule has 36 heavy (non-hydrogen) atoms. The molecule has 192 valence electrons. The molecule has 3 N–H and O–H groups in total. The number of hydrogen-bond acceptors (Lipinski definition) is 10. The lowest BCUT2D eigenvalue weighted by Crippen LogP contribution is -2.52. The fraction of sp³-hybridized carbons (Fsp3) is 0.458. The Labute approximate surface area is 218 Å². The number of carboxylic acids is 1. The van der Waals surface area contributed by atoms with Crippen molar-refractivity contribution < 1.29 is 14.7 Å². The average molecular weight is 530 g/mol. The average Bonchev–Trinajstić information content (AvgIpc) is 3.47. The Morgan fingerprint density at radius 2 is 2.08 bits per heavy atom. The first-order valence-corrected chi connectivity index (χ1v) is 13.6. The lowest BCUT2D eigenvalue weighted by atomic mass is 10.2. The lowest BCUT2D eigenvalue weighted by Gasteiger charge is -2.40. The predicted octanol–water partition coefficient (Wildman–Crippen LogP) is 3.32. The van der Waals surface area contributed by atoms with E-state index in [2.05, 4.69) is 62.6 Å². The van der Waals surface area contributed by atoms with E-state index in [1.54, 1.807) is 17.5 Å². The third-order valence-electron chi connectivity index (χ3n) is 5.99. The van der Waals surface area contributed by atoms with Gasteiger partial charge >= 0.3 is 5.97 Å². The highest BCUT2D eigenvalue weighted by molar-refractivity contribution is 7.17. The molecule has 4 rings (SSSR count). The predicted molar refractivity (Wildman–Crippen MR) is 143 cm³/mol. The van der Waals surface area contributed by atoms with Crippen LogP contribution in [0.1, 0.15) is 41.2 Å². The van der Waals surface area contributed by atoms with E-state index in [4.69, 9.17) is 10.1 Å². The number of carbonyl (C=O) groups is 2. The number of carboxylic acid groups (broad SMARTS) is 1. The van der Waals surface area contributed by atoms with Crippen molar-refractivity contribution in [3.63, 3.8) is 0 Å². The third-order valence-corrected chi connectivity index (χ3v) is 8.02. The molecule has 1 aliphatic heterocycles. The van der Waals surface area contributed by atoms with Crippen LogP contribution in [0.2, 0.25) is 0 Å². The summed E-state index contributed by atoms with van der Waals surface area (Å²) in [6.07, 6.45) is 3.24. The van der Waals surface area contributed by atoms with Crippen LogP contribution in [0.25, 0.3) is 10.6 Å². The number of thiazole rings is 1. The molecule has 1 atom stereocenters. The zero-order valence-electron chi connectivity index (χ0n) is 20.7. The van der Waals surface area contributed by atoms with E-state index in [9.17, 15) is 9.59 Å². The molecule has 4 heterocycles. The molecule has 1 aliphatic rings. The SMILES string of the molecule is CCNCc1sc(NC(=O)c2cnc(N3CCN(CCC(=O)O)C(C)C3)cn2)nc1-c1cc(C)cs1. The number of piperazine rings is 1. The molecule has 0 bridgehead atoms. The number of hydrogen-bond donors (Lipinski definition) is 3. The number of aromatic nitrogens is 3. The molecule has 3 aromatic rings. The summed E-state index contributed by atoms with van der Waals surface area (Å²) < 4.78 is 0. The van der Waals surface area contributed by atoms with Gasteiger partial charge in [0.25, 0.3) is 5.91 Å². The van der Waals surface area contributed by atoms with Gasteiger partial charge in [0.05, 0.1) is 29.4 Å². The number of nitrogens with one attached hydrogen (secondary N) is 2. The van der Waals surface area contributed by atoms with E-state index < -0.39 is 5.97 Å². The maximum absolute atomic E-state index is 12.9. The molecule has 10 nitrogen and oxygen atoms in total. The summed E-state index contributed by atoms with van der Waals surface area (Å²) in [5, 5.41) is 17.8. The monoisotopic (exact) mass is 529 g/mol. The van der Waals surface area contributed by atoms with Gasteiger partial charge in [-0.1, -0.05) is 18.3 Å². The first kappa shape index (κ1) is 26.1. The second kappa shape index (κ2) is 11.9. The van der Waals surface area contributed by atoms with Crippen LogP contribution in [0.5, 0.6) is 0 Å². The summed E-state index contributed by atoms with van der Waals surface area (Å²) >= 11 is 3.11. The van der Waals surface area contributed by atoms with Crippen LogP contribution in [-0.4, -0.2) is 75.6 Å². The molecule has 3 aromatic heterocycles. The van der Waals surface area contributed by atoms with E-state index in [0.29, 0.717) is 24.0 Å². The highest BCUT2D eigenvalue weighted by atomic mass is 32.1. The van der Waals surface area contributed by atoms with Crippen LogP contribution in [0.4, 0.5) is 10.9 Å². The van der Waals surface area contributed by atoms with Crippen LogP contribution in [0.15, 0.2) is 23.8 Å². The van der Waals surface area contributed by atoms with Gasteiger partial charge < -0.3 is 15.3 Å². The van der Waals surface area contributed by atoms with Crippen molar-refractivity contribution in [2.45, 2.75) is 39.8 Å². The van der Waals surface area contributed by atoms with Crippen LogP contribution in [-0.2, 0) is 11.3 Å². The first-order valence-electron chi connectivity index (χ1n) is 11.9. The van der Waals surface area contributed by atoms with Crippen LogP contribution < -0.4 is 15.5 Å². The molecule has 12 heteroatoms. The van der Waals surface area contributed by atoms with Gasteiger partial charge in [-0.15, -0.1) is 11.3 Å². The topological polar surface area (TPSA) is 124 Å². The Kier molecular flexibility index (Phi) is 8.62. The van der Waals surface area contributed by atoms with Gasteiger partial charge in [-0.2, -0.15) is 0 Å². The van der Waals surface area contributed by atoms with E-state index in [-0.39, 0.29) is 24.1 Å². The van der Waals surface area contributed by atoms with Crippen molar-refractivity contribution in [3.8, 4) is 10.6 Å². The first-order chi connectivity index (χ1) is 17.3. The number of aliphatic carboxylic acids is 1. The van der Waals surface area contributed by atoms with Crippen molar-refractivity contribution >= 4 is 45.5 Å². The summed E-state index contributed by atoms with van der Waals surface area (Å²) in [5.74, 6) is -0.429. The Balaban J connectivity index is 1.40. The van der Waals surface area contributed by atoms with Gasteiger partial charge in [0, 0.05) is 43.6 Å². The normalized spacial score (nSPS) is 16.3. The van der Waals surface area contributed by atoms with E-state index in [1.807, 2.05) is 0 Å². The van der Waals surface area contributed by atoms with Crippen molar-refractivity contribution in [2.24, 2.45) is 0 Å². The number of nitrogens with zero attached hydrogens (tertiary/aromatic N) is 5. The Bertz CT molecular complexity index is 1190. The van der Waals surface area contributed by atoms with Gasteiger partial charge in [0.15, 0.2) is 5.13 Å². The minimum absolute atomic E-state index is 0.137. The fourth-order valence-electron chi connectivity index (χ4n) is 4.05. The van der Waals surface area contributed by atoms with E-state index in [0.717, 1.165) is 41.6 Å². The largest absolute Gasteiger partial charge is 0.481 e. The molecule has 1 unspecified atom stereocenters. The van der Waals surface area contributed by atoms with E-state index >= 15 is 0 Å². The number of aryl methyl sites for hydroxylation is 1. The number of thiophene rings is 1. The Morgan fingerprint density at radius 1 is 1.25 bits per heavy atom. The zero-order chi connectivity index (χ0) is 25.7. The van der Waals surface area contributed by atoms with E-state index in [1.165, 1.54) is 23.1 Å². The Hall–Kier alpha value is -2.93. The molecule has 0 spiro atoms. The van der Waals surface area contributed by atoms with Gasteiger partial charge in [0.1, 0.15) is 11.5 Å². The minimum Gasteiger partial charge on any atom is -0.481 e. The standard InChI is InChI=1S/C24H31N7O3S2/c1-4-25-11-19-22(18-9-15(2)14-35-18)28-24(36-19)29-23(34)17-10-27-20(12-26-17)31-8-7-30(16(3)13-31)6-5-21(32)33/h9-10,12,14,16,25H,4-8,11,13H2,1-3H3,(H,32,33)(H,28,29,34). The summed E-state index contributed by atoms with van der Waals surface area (Å²) in [7, 11) is 0. The highest BCUT2D eigenvalue weighted by Crippen LogP contribution is 2.35. The minimum atomic E-state index is -0.784. The molecular weight excluding hydrogens is 498 g/mol. The van der Waals surface area contributed by atoms with Gasteiger partial charge in [-0.3, -0.25) is 19.8 Å². The smallest absolute Gasteiger partial charge is 0.304 e. The van der Waals surface area contributed by atoms with Gasteiger partial charge in [-0.05, 0) is 37.4 Å². The van der Waals surface area contributed by atoms with Crippen molar-refractivity contribution in [3.05, 3.63) is 40.0 Å². The van der Waals surface area contributed by atoms with Crippen LogP contribution in [0.3, 0.4) is 0 Å². The third kappa shape index (κ3) is 6.44. The highest BCUT2D eigenvalue weighted by Gasteiger charge is 2.25. The fourth-order valence-corrected chi connectivity index (χ4v) is 5.97. The summed E-state index contributed by atoms with van der Waals surface area (Å²) in [5.41, 5.74) is 2.31. The van der Waals surface area contributed by atoms with Crippen molar-refractivity contribution in [1.29, 1.82) is 0 Å². The molecule has 0 radical (unpaired) electrons. The van der Waals surface area contributed by atoms with Gasteiger partial charge in [-0.25, -0.2) is 15.0 Å². The summed E-state index contributed by atoms with van der Waals surface area (Å²) in [4.78, 5) is 43.7. The molecular formula is C24H31N7O3S2. The second-order valence-corrected chi connectivity index (χ2v) is 10.7. The molecule has 0 saturated carbocycles. The summed E-state index contributed by atoms with van der Waals surface area (Å²) in [6, 6.07) is 2.31. The zero-order valence-corrected chi connectivity index (χ0v) is 22.3.